The molecule has 0 spiro atoms. The highest BCUT2D eigenvalue weighted by Gasteiger charge is 2.49. The number of rotatable bonds is 4. The summed E-state index contributed by atoms with van der Waals surface area (Å²) in [5.41, 5.74) is 0.648. The van der Waals surface area contributed by atoms with Gasteiger partial charge in [0.25, 0.3) is 5.69 Å². The molecular weight excluding hydrogens is 278 g/mol. The molecule has 0 saturated carbocycles. The van der Waals surface area contributed by atoms with Crippen LogP contribution < -0.4 is 4.74 Å². The molecule has 7 heteroatoms. The number of methoxy groups -OCH3 is 1. The molecule has 0 radical (unpaired) electrons. The standard InChI is InChI=1S/C14H17NO6/c1-8-5-9(3-4-10(8)15(16)17)21-12-7-20-13-11(18-2)6-19-14(12)13/h3-5,11-14H,6-7H2,1-2H3/t11-,12-,13-,14-/m1/s1. The first-order valence-corrected chi connectivity index (χ1v) is 6.78. The normalized spacial score (nSPS) is 31.1. The Labute approximate surface area is 121 Å². The average Bonchev–Trinajstić information content (AvgIpc) is 3.01. The Morgan fingerprint density at radius 2 is 1.90 bits per heavy atom. The monoisotopic (exact) mass is 295 g/mol. The highest BCUT2D eigenvalue weighted by Crippen LogP contribution is 2.32. The number of nitrogens with zero attached hydrogens (tertiary/aromatic N) is 1. The van der Waals surface area contributed by atoms with E-state index in [-0.39, 0.29) is 30.1 Å². The molecule has 0 bridgehead atoms. The van der Waals surface area contributed by atoms with Crippen molar-refractivity contribution in [2.75, 3.05) is 20.3 Å². The van der Waals surface area contributed by atoms with Crippen molar-refractivity contribution in [1.29, 1.82) is 0 Å². The second-order valence-corrected chi connectivity index (χ2v) is 5.23. The van der Waals surface area contributed by atoms with Crippen molar-refractivity contribution >= 4 is 5.69 Å². The summed E-state index contributed by atoms with van der Waals surface area (Å²) in [4.78, 5) is 10.4. The van der Waals surface area contributed by atoms with Gasteiger partial charge in [0.1, 0.15) is 24.1 Å². The lowest BCUT2D eigenvalue weighted by Crippen LogP contribution is -2.35. The third kappa shape index (κ3) is 2.59. The predicted octanol–water partition coefficient (Wildman–Crippen LogP) is 1.46. The highest BCUT2D eigenvalue weighted by atomic mass is 16.6. The van der Waals surface area contributed by atoms with Crippen LogP contribution in [0.15, 0.2) is 18.2 Å². The van der Waals surface area contributed by atoms with Crippen LogP contribution in [0.4, 0.5) is 5.69 Å². The van der Waals surface area contributed by atoms with Gasteiger partial charge >= 0.3 is 0 Å². The molecule has 4 atom stereocenters. The van der Waals surface area contributed by atoms with Crippen LogP contribution in [0.25, 0.3) is 0 Å². The second-order valence-electron chi connectivity index (χ2n) is 5.23. The lowest BCUT2D eigenvalue weighted by atomic mass is 10.1. The van der Waals surface area contributed by atoms with Crippen molar-refractivity contribution in [3.63, 3.8) is 0 Å². The van der Waals surface area contributed by atoms with E-state index < -0.39 is 4.92 Å². The molecule has 1 aromatic rings. The van der Waals surface area contributed by atoms with Crippen LogP contribution >= 0.6 is 0 Å². The van der Waals surface area contributed by atoms with Gasteiger partial charge in [0.2, 0.25) is 0 Å². The Hall–Kier alpha value is -1.70. The zero-order chi connectivity index (χ0) is 15.0. The zero-order valence-corrected chi connectivity index (χ0v) is 11.9. The molecular formula is C14H17NO6. The Morgan fingerprint density at radius 3 is 2.52 bits per heavy atom. The largest absolute Gasteiger partial charge is 0.485 e. The van der Waals surface area contributed by atoms with Crippen LogP contribution in [0.2, 0.25) is 0 Å². The summed E-state index contributed by atoms with van der Waals surface area (Å²) in [7, 11) is 1.63. The lowest BCUT2D eigenvalue weighted by molar-refractivity contribution is -0.385. The van der Waals surface area contributed by atoms with Crippen molar-refractivity contribution in [2.45, 2.75) is 31.3 Å². The molecule has 2 heterocycles. The minimum absolute atomic E-state index is 0.0674. The molecule has 2 saturated heterocycles. The van der Waals surface area contributed by atoms with Crippen LogP contribution in [0.1, 0.15) is 5.56 Å². The Balaban J connectivity index is 1.70. The van der Waals surface area contributed by atoms with E-state index in [1.807, 2.05) is 0 Å². The fraction of sp³-hybridized carbons (Fsp3) is 0.571. The number of fused-ring (bicyclic) bond motifs is 1. The van der Waals surface area contributed by atoms with E-state index >= 15 is 0 Å². The summed E-state index contributed by atoms with van der Waals surface area (Å²) in [5, 5.41) is 10.8. The third-order valence-corrected chi connectivity index (χ3v) is 3.92. The lowest BCUT2D eigenvalue weighted by Gasteiger charge is -2.18. The van der Waals surface area contributed by atoms with Crippen LogP contribution in [0.5, 0.6) is 5.75 Å². The minimum Gasteiger partial charge on any atom is -0.485 e. The Morgan fingerprint density at radius 1 is 1.24 bits per heavy atom. The van der Waals surface area contributed by atoms with Gasteiger partial charge in [-0.15, -0.1) is 0 Å². The molecule has 2 fully saturated rings. The van der Waals surface area contributed by atoms with Crippen LogP contribution in [0.3, 0.4) is 0 Å². The number of nitro benzene ring substituents is 1. The van der Waals surface area contributed by atoms with Crippen molar-refractivity contribution < 1.29 is 23.9 Å². The maximum Gasteiger partial charge on any atom is 0.272 e. The van der Waals surface area contributed by atoms with E-state index in [2.05, 4.69) is 0 Å². The van der Waals surface area contributed by atoms with E-state index in [1.165, 1.54) is 6.07 Å². The van der Waals surface area contributed by atoms with E-state index in [1.54, 1.807) is 26.2 Å². The average molecular weight is 295 g/mol. The Kier molecular flexibility index (Phi) is 3.79. The van der Waals surface area contributed by atoms with Gasteiger partial charge in [-0.3, -0.25) is 10.1 Å². The summed E-state index contributed by atoms with van der Waals surface area (Å²) in [6.45, 7) is 2.60. The first-order valence-electron chi connectivity index (χ1n) is 6.78. The van der Waals surface area contributed by atoms with Gasteiger partial charge in [0.05, 0.1) is 18.1 Å². The topological polar surface area (TPSA) is 80.1 Å². The van der Waals surface area contributed by atoms with Crippen LogP contribution in [-0.4, -0.2) is 49.7 Å². The van der Waals surface area contributed by atoms with E-state index in [4.69, 9.17) is 18.9 Å². The summed E-state index contributed by atoms with van der Waals surface area (Å²) < 4.78 is 22.5. The molecule has 3 rings (SSSR count). The molecule has 0 aliphatic carbocycles. The quantitative estimate of drug-likeness (QED) is 0.618. The van der Waals surface area contributed by atoms with Crippen molar-refractivity contribution in [3.05, 3.63) is 33.9 Å². The van der Waals surface area contributed by atoms with Gasteiger partial charge in [-0.25, -0.2) is 0 Å². The molecule has 0 N–H and O–H groups in total. The second kappa shape index (κ2) is 5.59. The summed E-state index contributed by atoms with van der Waals surface area (Å²) in [6.07, 6.45) is -0.567. The van der Waals surface area contributed by atoms with Gasteiger partial charge in [0.15, 0.2) is 6.10 Å². The molecule has 114 valence electrons. The summed E-state index contributed by atoms with van der Waals surface area (Å²) >= 11 is 0. The number of hydrogen-bond acceptors (Lipinski definition) is 6. The molecule has 0 amide bonds. The molecule has 7 nitrogen and oxygen atoms in total. The van der Waals surface area contributed by atoms with Gasteiger partial charge in [-0.2, -0.15) is 0 Å². The van der Waals surface area contributed by atoms with E-state index in [9.17, 15) is 10.1 Å². The number of hydrogen-bond donors (Lipinski definition) is 0. The Bertz CT molecular complexity index is 548. The fourth-order valence-electron chi connectivity index (χ4n) is 2.81. The first-order chi connectivity index (χ1) is 10.1. The molecule has 1 aromatic carbocycles. The maximum absolute atomic E-state index is 10.8. The third-order valence-electron chi connectivity index (χ3n) is 3.92. The summed E-state index contributed by atoms with van der Waals surface area (Å²) in [5.74, 6) is 0.580. The van der Waals surface area contributed by atoms with Crippen molar-refractivity contribution in [1.82, 2.24) is 0 Å². The fourth-order valence-corrected chi connectivity index (χ4v) is 2.81. The molecule has 21 heavy (non-hydrogen) atoms. The summed E-state index contributed by atoms with van der Waals surface area (Å²) in [6, 6.07) is 4.71. The smallest absolute Gasteiger partial charge is 0.272 e. The van der Waals surface area contributed by atoms with Gasteiger partial charge < -0.3 is 18.9 Å². The van der Waals surface area contributed by atoms with Gasteiger partial charge in [-0.1, -0.05) is 0 Å². The van der Waals surface area contributed by atoms with Crippen molar-refractivity contribution in [2.24, 2.45) is 0 Å². The number of benzene rings is 1. The van der Waals surface area contributed by atoms with E-state index in [0.29, 0.717) is 24.5 Å². The van der Waals surface area contributed by atoms with Gasteiger partial charge in [0, 0.05) is 18.7 Å². The molecule has 2 aliphatic rings. The molecule has 0 aromatic heterocycles. The predicted molar refractivity (Wildman–Crippen MR) is 72.5 cm³/mol. The van der Waals surface area contributed by atoms with Crippen LogP contribution in [-0.2, 0) is 14.2 Å². The van der Waals surface area contributed by atoms with Crippen molar-refractivity contribution in [3.8, 4) is 5.75 Å². The molecule has 0 unspecified atom stereocenters. The zero-order valence-electron chi connectivity index (χ0n) is 11.9. The minimum atomic E-state index is -0.406. The number of ether oxygens (including phenoxy) is 4. The van der Waals surface area contributed by atoms with Crippen LogP contribution in [0, 0.1) is 17.0 Å². The first kappa shape index (κ1) is 14.2. The number of nitro groups is 1. The number of aryl methyl sites for hydroxylation is 1. The SMILES string of the molecule is CO[C@@H]1CO[C@H]2[C@@H]1OC[C@H]2Oc1ccc([N+](=O)[O-])c(C)c1. The highest BCUT2D eigenvalue weighted by molar-refractivity contribution is 5.44. The van der Waals surface area contributed by atoms with Gasteiger partial charge in [-0.05, 0) is 19.1 Å². The molecule has 2 aliphatic heterocycles. The van der Waals surface area contributed by atoms with E-state index in [0.717, 1.165) is 0 Å². The maximum atomic E-state index is 10.8.